The predicted octanol–water partition coefficient (Wildman–Crippen LogP) is 5.08. The van der Waals surface area contributed by atoms with Gasteiger partial charge in [-0.3, -0.25) is 4.79 Å². The number of nitrogens with two attached hydrogens (primary N) is 1. The average Bonchev–Trinajstić information content (AvgIpc) is 3.56. The first-order chi connectivity index (χ1) is 14.1. The lowest BCUT2D eigenvalue weighted by atomic mass is 9.90. The third kappa shape index (κ3) is 2.99. The van der Waals surface area contributed by atoms with Gasteiger partial charge in [-0.25, -0.2) is 0 Å². The standard InChI is InChI=1S/C25H24N2O2.ClH/c1-15-13-20(29-2)21(16-7-9-17(10-8-16)25(14-26)11-12-25)22-18-5-3-4-6-19(18)24(28)27-23(15)22;/h3-10,13H,11-12,14,26H2,1-2H3,(H,27,28);1H. The summed E-state index contributed by atoms with van der Waals surface area (Å²) in [6.07, 6.45) is 2.32. The predicted molar refractivity (Wildman–Crippen MR) is 126 cm³/mol. The van der Waals surface area contributed by atoms with Crippen LogP contribution in [0.4, 0.5) is 0 Å². The van der Waals surface area contributed by atoms with E-state index in [9.17, 15) is 4.79 Å². The Morgan fingerprint density at radius 2 is 1.73 bits per heavy atom. The van der Waals surface area contributed by atoms with E-state index in [-0.39, 0.29) is 23.4 Å². The monoisotopic (exact) mass is 420 g/mol. The minimum atomic E-state index is -0.0683. The minimum Gasteiger partial charge on any atom is -0.496 e. The lowest BCUT2D eigenvalue weighted by molar-refractivity contribution is 0.416. The van der Waals surface area contributed by atoms with E-state index in [0.29, 0.717) is 11.9 Å². The summed E-state index contributed by atoms with van der Waals surface area (Å²) in [5, 5.41) is 2.64. The fourth-order valence-corrected chi connectivity index (χ4v) is 4.50. The molecule has 1 saturated carbocycles. The molecule has 0 atom stereocenters. The average molecular weight is 421 g/mol. The van der Waals surface area contributed by atoms with Crippen LogP contribution in [0.5, 0.6) is 5.75 Å². The lowest BCUT2D eigenvalue weighted by Gasteiger charge is -2.18. The third-order valence-corrected chi connectivity index (χ3v) is 6.42. The normalized spacial score (nSPS) is 14.5. The van der Waals surface area contributed by atoms with E-state index in [1.165, 1.54) is 5.56 Å². The molecule has 0 unspecified atom stereocenters. The molecule has 1 aliphatic carbocycles. The van der Waals surface area contributed by atoms with Crippen molar-refractivity contribution in [3.05, 3.63) is 76.1 Å². The second kappa shape index (κ2) is 7.46. The van der Waals surface area contributed by atoms with Crippen molar-refractivity contribution in [3.8, 4) is 16.9 Å². The first-order valence-corrected chi connectivity index (χ1v) is 10.0. The number of hydrogen-bond donors (Lipinski definition) is 2. The number of aromatic nitrogens is 1. The molecule has 4 nitrogen and oxygen atoms in total. The second-order valence-corrected chi connectivity index (χ2v) is 8.08. The van der Waals surface area contributed by atoms with E-state index in [1.54, 1.807) is 7.11 Å². The van der Waals surface area contributed by atoms with Crippen LogP contribution in [0.2, 0.25) is 0 Å². The van der Waals surface area contributed by atoms with Gasteiger partial charge < -0.3 is 15.5 Å². The van der Waals surface area contributed by atoms with Crippen molar-refractivity contribution in [1.29, 1.82) is 0 Å². The molecule has 1 aliphatic rings. The number of methoxy groups -OCH3 is 1. The molecule has 0 spiro atoms. The number of benzene rings is 3. The van der Waals surface area contributed by atoms with Crippen molar-refractivity contribution in [1.82, 2.24) is 4.98 Å². The van der Waals surface area contributed by atoms with Gasteiger partial charge in [0.2, 0.25) is 0 Å². The molecule has 30 heavy (non-hydrogen) atoms. The van der Waals surface area contributed by atoms with E-state index in [4.69, 9.17) is 10.5 Å². The molecule has 0 aliphatic heterocycles. The van der Waals surface area contributed by atoms with Gasteiger partial charge in [0, 0.05) is 28.3 Å². The summed E-state index contributed by atoms with van der Waals surface area (Å²) in [6.45, 7) is 2.69. The Balaban J connectivity index is 0.00000218. The summed E-state index contributed by atoms with van der Waals surface area (Å²) in [5.41, 5.74) is 11.3. The molecule has 1 aromatic heterocycles. The quantitative estimate of drug-likeness (QED) is 0.452. The maximum absolute atomic E-state index is 12.6. The second-order valence-electron chi connectivity index (χ2n) is 8.08. The minimum absolute atomic E-state index is 0. The Morgan fingerprint density at radius 3 is 2.33 bits per heavy atom. The Morgan fingerprint density at radius 1 is 1.07 bits per heavy atom. The van der Waals surface area contributed by atoms with Crippen LogP contribution in [-0.4, -0.2) is 18.6 Å². The van der Waals surface area contributed by atoms with E-state index >= 15 is 0 Å². The molecular formula is C25H25ClN2O2. The number of hydrogen-bond acceptors (Lipinski definition) is 3. The van der Waals surface area contributed by atoms with Gasteiger partial charge in [-0.1, -0.05) is 42.5 Å². The Labute approximate surface area is 181 Å². The third-order valence-electron chi connectivity index (χ3n) is 6.42. The topological polar surface area (TPSA) is 68.1 Å². The number of aryl methyl sites for hydroxylation is 1. The van der Waals surface area contributed by atoms with Gasteiger partial charge in [-0.15, -0.1) is 12.4 Å². The zero-order valence-corrected chi connectivity index (χ0v) is 17.9. The molecule has 0 amide bonds. The van der Waals surface area contributed by atoms with Crippen LogP contribution in [-0.2, 0) is 5.41 Å². The van der Waals surface area contributed by atoms with Crippen molar-refractivity contribution in [3.63, 3.8) is 0 Å². The highest BCUT2D eigenvalue weighted by Gasteiger charge is 2.42. The molecule has 154 valence electrons. The molecule has 0 saturated heterocycles. The highest BCUT2D eigenvalue weighted by molar-refractivity contribution is 6.14. The molecular weight excluding hydrogens is 396 g/mol. The number of halogens is 1. The van der Waals surface area contributed by atoms with Gasteiger partial charge in [-0.2, -0.15) is 0 Å². The zero-order chi connectivity index (χ0) is 20.2. The van der Waals surface area contributed by atoms with Gasteiger partial charge in [0.15, 0.2) is 0 Å². The van der Waals surface area contributed by atoms with Gasteiger partial charge in [0.25, 0.3) is 5.56 Å². The summed E-state index contributed by atoms with van der Waals surface area (Å²) >= 11 is 0. The summed E-state index contributed by atoms with van der Waals surface area (Å²) in [4.78, 5) is 15.7. The van der Waals surface area contributed by atoms with Crippen LogP contribution in [0.3, 0.4) is 0 Å². The van der Waals surface area contributed by atoms with Gasteiger partial charge in [0.1, 0.15) is 5.75 Å². The van der Waals surface area contributed by atoms with Crippen LogP contribution in [0, 0.1) is 6.92 Å². The fraction of sp³-hybridized carbons (Fsp3) is 0.240. The summed E-state index contributed by atoms with van der Waals surface area (Å²) < 4.78 is 5.79. The van der Waals surface area contributed by atoms with Crippen LogP contribution >= 0.6 is 12.4 Å². The lowest BCUT2D eigenvalue weighted by Crippen LogP contribution is -2.19. The van der Waals surface area contributed by atoms with Crippen LogP contribution in [0.15, 0.2) is 59.4 Å². The molecule has 0 bridgehead atoms. The van der Waals surface area contributed by atoms with Gasteiger partial charge in [0.05, 0.1) is 12.6 Å². The molecule has 1 heterocycles. The number of fused-ring (bicyclic) bond motifs is 3. The molecule has 4 aromatic rings. The van der Waals surface area contributed by atoms with Crippen molar-refractivity contribution in [2.24, 2.45) is 5.73 Å². The number of ether oxygens (including phenoxy) is 1. The Bertz CT molecular complexity index is 1310. The van der Waals surface area contributed by atoms with Gasteiger partial charge >= 0.3 is 0 Å². The van der Waals surface area contributed by atoms with Crippen molar-refractivity contribution < 1.29 is 4.74 Å². The number of nitrogens with one attached hydrogen (secondary N) is 1. The van der Waals surface area contributed by atoms with Crippen molar-refractivity contribution in [2.75, 3.05) is 13.7 Å². The van der Waals surface area contributed by atoms with Crippen LogP contribution < -0.4 is 16.0 Å². The number of H-pyrrole nitrogens is 1. The first kappa shape index (κ1) is 20.5. The molecule has 0 radical (unpaired) electrons. The maximum Gasteiger partial charge on any atom is 0.256 e. The smallest absolute Gasteiger partial charge is 0.256 e. The summed E-state index contributed by atoms with van der Waals surface area (Å²) in [5.74, 6) is 0.805. The highest BCUT2D eigenvalue weighted by atomic mass is 35.5. The summed E-state index contributed by atoms with van der Waals surface area (Å²) in [7, 11) is 1.69. The van der Waals surface area contributed by atoms with E-state index in [1.807, 2.05) is 37.3 Å². The number of rotatable bonds is 4. The van der Waals surface area contributed by atoms with Gasteiger partial charge in [-0.05, 0) is 54.0 Å². The van der Waals surface area contributed by atoms with E-state index < -0.39 is 0 Å². The number of aromatic amines is 1. The molecule has 5 heteroatoms. The highest BCUT2D eigenvalue weighted by Crippen LogP contribution is 2.48. The summed E-state index contributed by atoms with van der Waals surface area (Å²) in [6, 6.07) is 18.4. The van der Waals surface area contributed by atoms with Crippen LogP contribution in [0.25, 0.3) is 32.8 Å². The fourth-order valence-electron chi connectivity index (χ4n) is 4.50. The first-order valence-electron chi connectivity index (χ1n) is 10.0. The molecule has 5 rings (SSSR count). The molecule has 3 N–H and O–H groups in total. The van der Waals surface area contributed by atoms with Crippen molar-refractivity contribution >= 4 is 34.1 Å². The largest absolute Gasteiger partial charge is 0.496 e. The Hall–Kier alpha value is -2.82. The van der Waals surface area contributed by atoms with E-state index in [2.05, 4.69) is 29.2 Å². The number of pyridine rings is 1. The van der Waals surface area contributed by atoms with Crippen molar-refractivity contribution in [2.45, 2.75) is 25.2 Å². The molecule has 1 fully saturated rings. The molecule has 3 aromatic carbocycles. The maximum atomic E-state index is 12.6. The van der Waals surface area contributed by atoms with E-state index in [0.717, 1.165) is 51.6 Å². The SMILES string of the molecule is COc1cc(C)c2[nH]c(=O)c3ccccc3c2c1-c1ccc(C2(CN)CC2)cc1.Cl. The zero-order valence-electron chi connectivity index (χ0n) is 17.1. The Kier molecular flexibility index (Phi) is 5.08. The van der Waals surface area contributed by atoms with Crippen LogP contribution in [0.1, 0.15) is 24.0 Å².